The lowest BCUT2D eigenvalue weighted by Gasteiger charge is -2.09. The van der Waals surface area contributed by atoms with Crippen LogP contribution in [-0.2, 0) is 0 Å². The number of nitrogens with two attached hydrogens (primary N) is 1. The zero-order chi connectivity index (χ0) is 13.4. The first kappa shape index (κ1) is 14.4. The van der Waals surface area contributed by atoms with Gasteiger partial charge in [0.1, 0.15) is 5.75 Å². The van der Waals surface area contributed by atoms with E-state index in [4.69, 9.17) is 10.5 Å². The van der Waals surface area contributed by atoms with Gasteiger partial charge in [0, 0.05) is 18.3 Å². The van der Waals surface area contributed by atoms with Gasteiger partial charge in [-0.1, -0.05) is 26.2 Å². The van der Waals surface area contributed by atoms with Gasteiger partial charge in [0.05, 0.1) is 12.7 Å². The summed E-state index contributed by atoms with van der Waals surface area (Å²) in [6.07, 6.45) is 4.56. The van der Waals surface area contributed by atoms with Crippen molar-refractivity contribution in [1.29, 1.82) is 0 Å². The Hall–Kier alpha value is -1.71. The van der Waals surface area contributed by atoms with Gasteiger partial charge in [-0.15, -0.1) is 0 Å². The molecule has 0 bridgehead atoms. The number of rotatable bonds is 7. The molecule has 0 heterocycles. The summed E-state index contributed by atoms with van der Waals surface area (Å²) >= 11 is 0. The molecule has 1 amide bonds. The highest BCUT2D eigenvalue weighted by molar-refractivity contribution is 5.97. The minimum atomic E-state index is -0.108. The summed E-state index contributed by atoms with van der Waals surface area (Å²) in [5.74, 6) is 0.407. The van der Waals surface area contributed by atoms with Crippen LogP contribution < -0.4 is 15.8 Å². The van der Waals surface area contributed by atoms with E-state index < -0.39 is 0 Å². The van der Waals surface area contributed by atoms with Crippen molar-refractivity contribution in [2.24, 2.45) is 0 Å². The fourth-order valence-electron chi connectivity index (χ4n) is 1.74. The molecule has 0 radical (unpaired) electrons. The van der Waals surface area contributed by atoms with Gasteiger partial charge in [-0.25, -0.2) is 0 Å². The van der Waals surface area contributed by atoms with Gasteiger partial charge in [-0.3, -0.25) is 4.79 Å². The van der Waals surface area contributed by atoms with Crippen LogP contribution in [0, 0.1) is 0 Å². The van der Waals surface area contributed by atoms with E-state index in [1.807, 2.05) is 0 Å². The summed E-state index contributed by atoms with van der Waals surface area (Å²) in [7, 11) is 1.53. The lowest BCUT2D eigenvalue weighted by atomic mass is 10.1. The fourth-order valence-corrected chi connectivity index (χ4v) is 1.74. The molecule has 4 heteroatoms. The van der Waals surface area contributed by atoms with Crippen LogP contribution in [0.5, 0.6) is 5.75 Å². The summed E-state index contributed by atoms with van der Waals surface area (Å²) in [5, 5.41) is 2.89. The number of ether oxygens (including phenoxy) is 1. The number of anilines is 1. The Morgan fingerprint density at radius 3 is 2.78 bits per heavy atom. The maximum absolute atomic E-state index is 11.9. The number of nitrogen functional groups attached to an aromatic ring is 1. The van der Waals surface area contributed by atoms with Crippen LogP contribution in [0.25, 0.3) is 0 Å². The molecule has 0 unspecified atom stereocenters. The van der Waals surface area contributed by atoms with E-state index in [1.165, 1.54) is 20.0 Å². The predicted octanol–water partition coefficient (Wildman–Crippen LogP) is 2.59. The van der Waals surface area contributed by atoms with Crippen LogP contribution >= 0.6 is 0 Å². The molecule has 1 aromatic rings. The zero-order valence-corrected chi connectivity index (χ0v) is 11.2. The van der Waals surface area contributed by atoms with Crippen LogP contribution in [0.1, 0.15) is 43.0 Å². The fraction of sp³-hybridized carbons (Fsp3) is 0.500. The van der Waals surface area contributed by atoms with Crippen molar-refractivity contribution in [3.05, 3.63) is 23.8 Å². The third-order valence-electron chi connectivity index (χ3n) is 2.79. The SMILES string of the molecule is CCCCCCNC(=O)c1ccc(N)cc1OC. The molecule has 1 aromatic carbocycles. The highest BCUT2D eigenvalue weighted by Gasteiger charge is 2.11. The van der Waals surface area contributed by atoms with E-state index in [-0.39, 0.29) is 5.91 Å². The van der Waals surface area contributed by atoms with E-state index in [0.29, 0.717) is 23.5 Å². The van der Waals surface area contributed by atoms with E-state index in [0.717, 1.165) is 12.8 Å². The number of unbranched alkanes of at least 4 members (excludes halogenated alkanes) is 3. The Labute approximate surface area is 109 Å². The highest BCUT2D eigenvalue weighted by atomic mass is 16.5. The van der Waals surface area contributed by atoms with Gasteiger partial charge in [-0.05, 0) is 18.6 Å². The third kappa shape index (κ3) is 4.28. The second-order valence-electron chi connectivity index (χ2n) is 4.28. The Morgan fingerprint density at radius 1 is 1.33 bits per heavy atom. The Morgan fingerprint density at radius 2 is 2.11 bits per heavy atom. The number of hydrogen-bond acceptors (Lipinski definition) is 3. The summed E-state index contributed by atoms with van der Waals surface area (Å²) in [4.78, 5) is 11.9. The van der Waals surface area contributed by atoms with Gasteiger partial charge < -0.3 is 15.8 Å². The van der Waals surface area contributed by atoms with Gasteiger partial charge in [-0.2, -0.15) is 0 Å². The van der Waals surface area contributed by atoms with Crippen molar-refractivity contribution in [3.63, 3.8) is 0 Å². The third-order valence-corrected chi connectivity index (χ3v) is 2.79. The van der Waals surface area contributed by atoms with Crippen molar-refractivity contribution in [2.75, 3.05) is 19.4 Å². The number of amides is 1. The lowest BCUT2D eigenvalue weighted by Crippen LogP contribution is -2.24. The quantitative estimate of drug-likeness (QED) is 0.577. The lowest BCUT2D eigenvalue weighted by molar-refractivity contribution is 0.0950. The maximum atomic E-state index is 11.9. The number of carbonyl (C=O) groups is 1. The predicted molar refractivity (Wildman–Crippen MR) is 73.9 cm³/mol. The van der Waals surface area contributed by atoms with Crippen molar-refractivity contribution < 1.29 is 9.53 Å². The smallest absolute Gasteiger partial charge is 0.255 e. The van der Waals surface area contributed by atoms with Gasteiger partial charge in [0.2, 0.25) is 0 Å². The maximum Gasteiger partial charge on any atom is 0.255 e. The molecule has 0 aliphatic carbocycles. The van der Waals surface area contributed by atoms with E-state index in [9.17, 15) is 4.79 Å². The van der Waals surface area contributed by atoms with Crippen LogP contribution in [0.2, 0.25) is 0 Å². The molecule has 100 valence electrons. The molecular formula is C14H22N2O2. The molecule has 3 N–H and O–H groups in total. The topological polar surface area (TPSA) is 64.4 Å². The normalized spacial score (nSPS) is 10.1. The molecule has 18 heavy (non-hydrogen) atoms. The Bertz CT molecular complexity index is 391. The summed E-state index contributed by atoms with van der Waals surface area (Å²) in [6, 6.07) is 5.05. The number of carbonyl (C=O) groups excluding carboxylic acids is 1. The molecule has 4 nitrogen and oxygen atoms in total. The van der Waals surface area contributed by atoms with Crippen LogP contribution in [0.15, 0.2) is 18.2 Å². The van der Waals surface area contributed by atoms with Crippen molar-refractivity contribution in [2.45, 2.75) is 32.6 Å². The van der Waals surface area contributed by atoms with Crippen LogP contribution in [0.4, 0.5) is 5.69 Å². The minimum absolute atomic E-state index is 0.108. The summed E-state index contributed by atoms with van der Waals surface area (Å²) in [5.41, 5.74) is 6.77. The second kappa shape index (κ2) is 7.58. The standard InChI is InChI=1S/C14H22N2O2/c1-3-4-5-6-9-16-14(17)12-8-7-11(15)10-13(12)18-2/h7-8,10H,3-6,9,15H2,1-2H3,(H,16,17). The largest absolute Gasteiger partial charge is 0.496 e. The molecule has 0 saturated carbocycles. The molecule has 0 spiro atoms. The van der Waals surface area contributed by atoms with Gasteiger partial charge >= 0.3 is 0 Å². The van der Waals surface area contributed by atoms with Crippen molar-refractivity contribution in [1.82, 2.24) is 5.32 Å². The molecule has 0 aliphatic rings. The molecule has 0 fully saturated rings. The molecule has 0 aromatic heterocycles. The number of nitrogens with one attached hydrogen (secondary N) is 1. The molecular weight excluding hydrogens is 228 g/mol. The van der Waals surface area contributed by atoms with E-state index in [1.54, 1.807) is 18.2 Å². The molecule has 0 saturated heterocycles. The average Bonchev–Trinajstić information content (AvgIpc) is 2.38. The Kier molecular flexibility index (Phi) is 6.05. The van der Waals surface area contributed by atoms with E-state index >= 15 is 0 Å². The molecule has 1 rings (SSSR count). The first-order valence-electron chi connectivity index (χ1n) is 6.40. The van der Waals surface area contributed by atoms with Crippen molar-refractivity contribution in [3.8, 4) is 5.75 Å². The minimum Gasteiger partial charge on any atom is -0.496 e. The number of benzene rings is 1. The van der Waals surface area contributed by atoms with Gasteiger partial charge in [0.15, 0.2) is 0 Å². The van der Waals surface area contributed by atoms with E-state index in [2.05, 4.69) is 12.2 Å². The zero-order valence-electron chi connectivity index (χ0n) is 11.2. The summed E-state index contributed by atoms with van der Waals surface area (Å²) < 4.78 is 5.15. The average molecular weight is 250 g/mol. The number of methoxy groups -OCH3 is 1. The van der Waals surface area contributed by atoms with Crippen LogP contribution in [-0.4, -0.2) is 19.6 Å². The second-order valence-corrected chi connectivity index (χ2v) is 4.28. The monoisotopic (exact) mass is 250 g/mol. The highest BCUT2D eigenvalue weighted by Crippen LogP contribution is 2.21. The van der Waals surface area contributed by atoms with Crippen molar-refractivity contribution >= 4 is 11.6 Å². The molecule has 0 atom stereocenters. The summed E-state index contributed by atoms with van der Waals surface area (Å²) in [6.45, 7) is 2.87. The van der Waals surface area contributed by atoms with Crippen LogP contribution in [0.3, 0.4) is 0 Å². The number of hydrogen-bond donors (Lipinski definition) is 2. The van der Waals surface area contributed by atoms with Gasteiger partial charge in [0.25, 0.3) is 5.91 Å². The Balaban J connectivity index is 2.51. The molecule has 0 aliphatic heterocycles. The first-order chi connectivity index (χ1) is 8.69. The first-order valence-corrected chi connectivity index (χ1v) is 6.40.